The molecule has 2 aromatic heterocycles. The van der Waals surface area contributed by atoms with Crippen LogP contribution in [0.3, 0.4) is 0 Å². The number of para-hydroxylation sites is 4. The molecule has 520 valence electrons. The minimum atomic E-state index is -2.67. The lowest BCUT2D eigenvalue weighted by Gasteiger charge is -2.46. The molecule has 2 aliphatic rings. The molecule has 21 rings (SSSR count). The SMILES string of the molecule is [2H]C([2H])([2H])c1cc2c3c(c1)N(c1c(-c4cccc(-c5ccccc5)c4)cccc1-c1cccc(-c4ccccc4)c1)c1cc(-n4c5ccccc5c5cc(C#N)ccc54)ccc1B3c1ccc(-n3c4ccccc4c4cc(C#N)ccc43)cc1N2c1c(-c2cccc(-c3ccccc3)c2)cccc1-c1cccc(-c2ccccc2)c1. The number of aromatic nitrogens is 2. The van der Waals surface area contributed by atoms with Crippen LogP contribution in [0.4, 0.5) is 34.1 Å². The van der Waals surface area contributed by atoms with Crippen molar-refractivity contribution in [3.05, 3.63) is 405 Å². The number of hydrogen-bond acceptors (Lipinski definition) is 4. The fourth-order valence-electron chi connectivity index (χ4n) is 17.9. The van der Waals surface area contributed by atoms with Crippen molar-refractivity contribution in [2.45, 2.75) is 6.85 Å². The maximum Gasteiger partial charge on any atom is 0.252 e. The molecule has 0 saturated carbocycles. The second-order valence-electron chi connectivity index (χ2n) is 29.1. The third kappa shape index (κ3) is 10.8. The normalized spacial score (nSPS) is 12.6. The summed E-state index contributed by atoms with van der Waals surface area (Å²) in [5.41, 5.74) is 30.7. The summed E-state index contributed by atoms with van der Waals surface area (Å²) in [4.78, 5) is 4.84. The Balaban J connectivity index is 0.926. The Morgan fingerprint density at radius 3 is 0.920 bits per heavy atom. The van der Waals surface area contributed by atoms with Crippen molar-refractivity contribution in [2.24, 2.45) is 0 Å². The van der Waals surface area contributed by atoms with Gasteiger partial charge in [-0.2, -0.15) is 10.5 Å². The van der Waals surface area contributed by atoms with Crippen LogP contribution in [-0.4, -0.2) is 15.8 Å². The van der Waals surface area contributed by atoms with Crippen molar-refractivity contribution in [3.8, 4) is 113 Å². The van der Waals surface area contributed by atoms with Gasteiger partial charge in [0.1, 0.15) is 0 Å². The van der Waals surface area contributed by atoms with E-state index in [-0.39, 0.29) is 5.56 Å². The van der Waals surface area contributed by atoms with Crippen LogP contribution in [0, 0.1) is 29.5 Å². The molecule has 0 saturated heterocycles. The summed E-state index contributed by atoms with van der Waals surface area (Å²) in [7, 11) is 0. The number of benzene rings is 17. The molecule has 0 aliphatic carbocycles. The molecule has 6 nitrogen and oxygen atoms in total. The zero-order valence-electron chi connectivity index (χ0n) is 63.7. The van der Waals surface area contributed by atoms with Crippen molar-refractivity contribution < 1.29 is 4.11 Å². The van der Waals surface area contributed by atoms with E-state index in [4.69, 9.17) is 0 Å². The molecule has 0 atom stereocenters. The summed E-state index contributed by atoms with van der Waals surface area (Å²) in [6, 6.07) is 142. The monoisotopic (exact) mass is 1430 g/mol. The zero-order chi connectivity index (χ0) is 77.0. The second-order valence-corrected chi connectivity index (χ2v) is 29.1. The maximum absolute atomic E-state index is 10.5. The van der Waals surface area contributed by atoms with Gasteiger partial charge in [-0.05, 0) is 205 Å². The highest BCUT2D eigenvalue weighted by Gasteiger charge is 2.46. The number of nitrogens with zero attached hydrogens (tertiary/aromatic N) is 6. The van der Waals surface area contributed by atoms with Crippen LogP contribution in [0.15, 0.2) is 388 Å². The van der Waals surface area contributed by atoms with Gasteiger partial charge in [0.15, 0.2) is 0 Å². The summed E-state index contributed by atoms with van der Waals surface area (Å²) in [6.45, 7) is -3.22. The summed E-state index contributed by atoms with van der Waals surface area (Å²) in [5.74, 6) is 0. The Morgan fingerprint density at radius 2 is 0.571 bits per heavy atom. The van der Waals surface area contributed by atoms with E-state index in [1.807, 2.05) is 60.7 Å². The Labute approximate surface area is 654 Å². The summed E-state index contributed by atoms with van der Waals surface area (Å²) in [6.07, 6.45) is 0. The highest BCUT2D eigenvalue weighted by atomic mass is 15.2. The lowest BCUT2D eigenvalue weighted by Crippen LogP contribution is -2.61. The largest absolute Gasteiger partial charge is 0.310 e. The highest BCUT2D eigenvalue weighted by molar-refractivity contribution is 7.00. The van der Waals surface area contributed by atoms with Crippen molar-refractivity contribution >= 4 is 101 Å². The standard InChI is InChI=1S/C105H67BN6/c1-68-56-101-103-102(57-68)112(105-87(81-38-20-34-77(62-81)73-28-10-4-11-29-73)44-23-45-88(105)82-39-21-35-78(63-82)74-30-12-5-13-31-74)100-65-84(110-96-47-17-15-41-90(96)92-59-70(67-108)49-55-98(92)110)51-53-94(100)106(103)93-52-50-83(109-95-46-16-14-40-89(95)91-58-69(66-107)48-54-97(91)109)64-99(93)111(101)104-85(79-36-18-32-75(60-79)71-24-6-2-7-25-71)42-22-43-86(104)80-37-19-33-76(61-80)72-26-8-3-9-27-72/h2-65H,1H3/i1D3. The number of fused-ring (bicyclic) bond motifs is 10. The lowest BCUT2D eigenvalue weighted by atomic mass is 9.33. The lowest BCUT2D eigenvalue weighted by molar-refractivity contribution is 1.16. The van der Waals surface area contributed by atoms with Crippen LogP contribution in [0.1, 0.15) is 20.8 Å². The maximum atomic E-state index is 10.5. The molecule has 4 heterocycles. The van der Waals surface area contributed by atoms with E-state index in [1.54, 1.807) is 0 Å². The topological polar surface area (TPSA) is 63.9 Å². The van der Waals surface area contributed by atoms with Gasteiger partial charge in [-0.15, -0.1) is 0 Å². The van der Waals surface area contributed by atoms with Crippen LogP contribution in [0.5, 0.6) is 0 Å². The predicted octanol–water partition coefficient (Wildman–Crippen LogP) is 25.4. The molecule has 17 aromatic carbocycles. The molecule has 0 N–H and O–H groups in total. The molecule has 19 aromatic rings. The molecule has 0 unspecified atom stereocenters. The molecule has 0 radical (unpaired) electrons. The third-order valence-corrected chi connectivity index (χ3v) is 22.8. The van der Waals surface area contributed by atoms with Gasteiger partial charge in [0.05, 0.1) is 56.7 Å². The number of nitriles is 2. The summed E-state index contributed by atoms with van der Waals surface area (Å²) >= 11 is 0. The van der Waals surface area contributed by atoms with E-state index >= 15 is 0 Å². The Kier molecular flexibility index (Phi) is 14.8. The summed E-state index contributed by atoms with van der Waals surface area (Å²) < 4.78 is 34.8. The molecular weight excluding hydrogens is 1360 g/mol. The van der Waals surface area contributed by atoms with Crippen molar-refractivity contribution in [1.82, 2.24) is 9.13 Å². The molecule has 0 fully saturated rings. The molecule has 0 bridgehead atoms. The van der Waals surface area contributed by atoms with Crippen molar-refractivity contribution in [2.75, 3.05) is 9.80 Å². The molecular formula is C105H67BN6. The van der Waals surface area contributed by atoms with Crippen molar-refractivity contribution in [3.63, 3.8) is 0 Å². The van der Waals surface area contributed by atoms with Gasteiger partial charge in [-0.25, -0.2) is 0 Å². The van der Waals surface area contributed by atoms with Gasteiger partial charge in [-0.3, -0.25) is 0 Å². The van der Waals surface area contributed by atoms with E-state index in [1.165, 1.54) is 0 Å². The van der Waals surface area contributed by atoms with Gasteiger partial charge in [-0.1, -0.05) is 279 Å². The van der Waals surface area contributed by atoms with E-state index in [2.05, 4.69) is 359 Å². The Hall–Kier alpha value is -15.0. The van der Waals surface area contributed by atoms with Crippen molar-refractivity contribution in [1.29, 1.82) is 10.5 Å². The fourth-order valence-corrected chi connectivity index (χ4v) is 17.9. The Bertz CT molecular complexity index is 6630. The predicted molar refractivity (Wildman–Crippen MR) is 467 cm³/mol. The van der Waals surface area contributed by atoms with Gasteiger partial charge in [0.25, 0.3) is 6.71 Å². The quantitative estimate of drug-likeness (QED) is 0.114. The van der Waals surface area contributed by atoms with Gasteiger partial charge in [0.2, 0.25) is 0 Å². The smallest absolute Gasteiger partial charge is 0.252 e. The van der Waals surface area contributed by atoms with Gasteiger partial charge >= 0.3 is 0 Å². The minimum absolute atomic E-state index is 0.160. The first-order valence-corrected chi connectivity index (χ1v) is 37.9. The number of anilines is 6. The van der Waals surface area contributed by atoms with Gasteiger partial charge < -0.3 is 18.9 Å². The van der Waals surface area contributed by atoms with Crippen LogP contribution in [0.2, 0.25) is 0 Å². The third-order valence-electron chi connectivity index (χ3n) is 22.8. The average Bonchev–Trinajstić information content (AvgIpc) is 0.913. The number of rotatable bonds is 12. The van der Waals surface area contributed by atoms with Gasteiger partial charge in [0, 0.05) is 82.0 Å². The first-order chi connectivity index (χ1) is 56.6. The molecule has 2 aliphatic heterocycles. The van der Waals surface area contributed by atoms with Crippen LogP contribution in [-0.2, 0) is 0 Å². The second kappa shape index (κ2) is 26.7. The minimum Gasteiger partial charge on any atom is -0.310 e. The van der Waals surface area contributed by atoms with E-state index in [0.717, 1.165) is 183 Å². The van der Waals surface area contributed by atoms with E-state index in [9.17, 15) is 14.6 Å². The molecule has 0 spiro atoms. The Morgan fingerprint density at radius 1 is 0.259 bits per heavy atom. The number of aryl methyl sites for hydroxylation is 1. The summed E-state index contributed by atoms with van der Waals surface area (Å²) in [5, 5.41) is 24.9. The van der Waals surface area contributed by atoms with Crippen LogP contribution >= 0.6 is 0 Å². The number of hydrogen-bond donors (Lipinski definition) is 0. The van der Waals surface area contributed by atoms with Crippen LogP contribution < -0.4 is 26.2 Å². The zero-order valence-corrected chi connectivity index (χ0v) is 60.7. The average molecular weight is 1430 g/mol. The van der Waals surface area contributed by atoms with E-state index in [0.29, 0.717) is 22.5 Å². The first kappa shape index (κ1) is 62.1. The molecule has 7 heteroatoms. The fraction of sp³-hybridized carbons (Fsp3) is 0.00952. The first-order valence-electron chi connectivity index (χ1n) is 39.4. The van der Waals surface area contributed by atoms with Crippen LogP contribution in [0.25, 0.3) is 144 Å². The molecule has 112 heavy (non-hydrogen) atoms. The highest BCUT2D eigenvalue weighted by Crippen LogP contribution is 2.55. The van der Waals surface area contributed by atoms with E-state index < -0.39 is 13.6 Å². The molecule has 0 amide bonds.